The molecule has 0 spiro atoms. The number of furan rings is 1. The predicted octanol–water partition coefficient (Wildman–Crippen LogP) is 2.11. The fourth-order valence-electron chi connectivity index (χ4n) is 3.20. The summed E-state index contributed by atoms with van der Waals surface area (Å²) < 4.78 is 43.6. The molecular formula is C14H17F3N2O2. The van der Waals surface area contributed by atoms with E-state index >= 15 is 0 Å². The first kappa shape index (κ1) is 14.4. The van der Waals surface area contributed by atoms with Gasteiger partial charge in [-0.25, -0.2) is 0 Å². The van der Waals surface area contributed by atoms with Crippen LogP contribution in [-0.4, -0.2) is 36.0 Å². The largest absolute Gasteiger partial charge is 0.469 e. The second-order valence-electron chi connectivity index (χ2n) is 5.74. The first-order chi connectivity index (χ1) is 9.86. The lowest BCUT2D eigenvalue weighted by atomic mass is 9.92. The molecule has 4 nitrogen and oxygen atoms in total. The Bertz CT molecular complexity index is 545. The molecule has 0 radical (unpaired) electrons. The molecule has 116 valence electrons. The van der Waals surface area contributed by atoms with Crippen molar-refractivity contribution in [3.05, 3.63) is 23.2 Å². The fraction of sp³-hybridized carbons (Fsp3) is 0.643. The first-order valence-corrected chi connectivity index (χ1v) is 7.03. The summed E-state index contributed by atoms with van der Waals surface area (Å²) in [5.41, 5.74) is -0.879. The Hall–Kier alpha value is -1.50. The number of carbonyl (C=O) groups is 1. The number of nitrogens with one attached hydrogen (secondary N) is 1. The second kappa shape index (κ2) is 5.05. The number of nitrogens with zero attached hydrogens (tertiary/aromatic N) is 1. The molecule has 1 N–H and O–H groups in total. The molecule has 3 saturated heterocycles. The van der Waals surface area contributed by atoms with Gasteiger partial charge >= 0.3 is 6.18 Å². The van der Waals surface area contributed by atoms with E-state index in [2.05, 4.69) is 5.32 Å². The van der Waals surface area contributed by atoms with E-state index in [9.17, 15) is 18.0 Å². The predicted molar refractivity (Wildman–Crippen MR) is 68.7 cm³/mol. The van der Waals surface area contributed by atoms with E-state index < -0.39 is 11.7 Å². The zero-order chi connectivity index (χ0) is 15.2. The van der Waals surface area contributed by atoms with Crippen molar-refractivity contribution in [2.24, 2.45) is 0 Å². The van der Waals surface area contributed by atoms with E-state index in [0.29, 0.717) is 12.8 Å². The number of rotatable bonds is 2. The van der Waals surface area contributed by atoms with Crippen molar-refractivity contribution < 1.29 is 22.4 Å². The Morgan fingerprint density at radius 2 is 2.24 bits per heavy atom. The van der Waals surface area contributed by atoms with Gasteiger partial charge in [0.2, 0.25) is 5.91 Å². The molecule has 4 rings (SSSR count). The standard InChI is InChI=1S/C14H17F3N2O2/c1-8-11(12(7-21-8)14(15,16)17)4-13(20)19-6-9-2-3-10(19)5-18-9/h7,9-10,18H,2-6H2,1H3. The van der Waals surface area contributed by atoms with Gasteiger partial charge in [0.25, 0.3) is 0 Å². The Balaban J connectivity index is 1.78. The summed E-state index contributed by atoms with van der Waals surface area (Å²) in [7, 11) is 0. The van der Waals surface area contributed by atoms with Gasteiger partial charge in [0, 0.05) is 30.7 Å². The third-order valence-electron chi connectivity index (χ3n) is 4.41. The van der Waals surface area contributed by atoms with Gasteiger partial charge in [0.05, 0.1) is 12.0 Å². The molecule has 0 aliphatic carbocycles. The van der Waals surface area contributed by atoms with Crippen molar-refractivity contribution in [3.8, 4) is 0 Å². The molecule has 2 unspecified atom stereocenters. The number of carbonyl (C=O) groups excluding carboxylic acids is 1. The van der Waals surface area contributed by atoms with Crippen molar-refractivity contribution in [3.63, 3.8) is 0 Å². The zero-order valence-electron chi connectivity index (χ0n) is 11.7. The summed E-state index contributed by atoms with van der Waals surface area (Å²) in [5, 5.41) is 3.32. The highest BCUT2D eigenvalue weighted by molar-refractivity contribution is 5.80. The van der Waals surface area contributed by atoms with Crippen LogP contribution in [0.1, 0.15) is 29.7 Å². The van der Waals surface area contributed by atoms with Gasteiger partial charge in [-0.3, -0.25) is 4.79 Å². The van der Waals surface area contributed by atoms with Crippen LogP contribution in [0.5, 0.6) is 0 Å². The number of hydrogen-bond acceptors (Lipinski definition) is 3. The summed E-state index contributed by atoms with van der Waals surface area (Å²) >= 11 is 0. The van der Waals surface area contributed by atoms with Gasteiger partial charge in [-0.15, -0.1) is 0 Å². The average Bonchev–Trinajstić information content (AvgIpc) is 2.81. The third-order valence-corrected chi connectivity index (χ3v) is 4.41. The van der Waals surface area contributed by atoms with Crippen LogP contribution in [0.2, 0.25) is 0 Å². The molecular weight excluding hydrogens is 285 g/mol. The van der Waals surface area contributed by atoms with Crippen LogP contribution in [0.4, 0.5) is 13.2 Å². The van der Waals surface area contributed by atoms with Gasteiger partial charge < -0.3 is 14.6 Å². The van der Waals surface area contributed by atoms with Crippen LogP contribution in [-0.2, 0) is 17.4 Å². The van der Waals surface area contributed by atoms with Crippen molar-refractivity contribution in [2.75, 3.05) is 13.1 Å². The number of hydrogen-bond donors (Lipinski definition) is 1. The Morgan fingerprint density at radius 1 is 1.48 bits per heavy atom. The van der Waals surface area contributed by atoms with E-state index in [1.807, 2.05) is 0 Å². The minimum Gasteiger partial charge on any atom is -0.469 e. The van der Waals surface area contributed by atoms with Gasteiger partial charge in [-0.05, 0) is 19.8 Å². The quantitative estimate of drug-likeness (QED) is 0.910. The van der Waals surface area contributed by atoms with Crippen molar-refractivity contribution in [1.82, 2.24) is 10.2 Å². The number of amides is 1. The number of halogens is 3. The molecule has 7 heteroatoms. The third kappa shape index (κ3) is 2.66. The minimum atomic E-state index is -4.49. The maximum absolute atomic E-state index is 12.9. The Morgan fingerprint density at radius 3 is 2.76 bits per heavy atom. The van der Waals surface area contributed by atoms with Crippen LogP contribution in [0.25, 0.3) is 0 Å². The monoisotopic (exact) mass is 302 g/mol. The van der Waals surface area contributed by atoms with E-state index in [0.717, 1.165) is 19.4 Å². The molecule has 2 bridgehead atoms. The van der Waals surface area contributed by atoms with E-state index in [1.165, 1.54) is 6.92 Å². The first-order valence-electron chi connectivity index (χ1n) is 7.03. The molecule has 21 heavy (non-hydrogen) atoms. The van der Waals surface area contributed by atoms with Gasteiger partial charge in [-0.1, -0.05) is 0 Å². The summed E-state index contributed by atoms with van der Waals surface area (Å²) in [6, 6.07) is 0.371. The summed E-state index contributed by atoms with van der Waals surface area (Å²) in [4.78, 5) is 14.1. The smallest absolute Gasteiger partial charge is 0.419 e. The van der Waals surface area contributed by atoms with Gasteiger partial charge in [0.1, 0.15) is 12.0 Å². The second-order valence-corrected chi connectivity index (χ2v) is 5.74. The molecule has 0 saturated carbocycles. The normalized spacial score (nSPS) is 25.4. The zero-order valence-corrected chi connectivity index (χ0v) is 11.7. The maximum Gasteiger partial charge on any atom is 0.419 e. The molecule has 1 aromatic heterocycles. The lowest BCUT2D eigenvalue weighted by Crippen LogP contribution is -2.62. The highest BCUT2D eigenvalue weighted by atomic mass is 19.4. The fourth-order valence-corrected chi connectivity index (χ4v) is 3.20. The number of piperidine rings is 2. The summed E-state index contributed by atoms with van der Waals surface area (Å²) in [6.45, 7) is 2.77. The Labute approximate surface area is 120 Å². The maximum atomic E-state index is 12.9. The highest BCUT2D eigenvalue weighted by Gasteiger charge is 2.39. The minimum absolute atomic E-state index is 0.0399. The van der Waals surface area contributed by atoms with Crippen molar-refractivity contribution in [2.45, 2.75) is 44.4 Å². The number of piperazine rings is 1. The van der Waals surface area contributed by atoms with Crippen LogP contribution in [0.3, 0.4) is 0 Å². The summed E-state index contributed by atoms with van der Waals surface area (Å²) in [5.74, 6) is -0.0860. The highest BCUT2D eigenvalue weighted by Crippen LogP contribution is 2.35. The van der Waals surface area contributed by atoms with Crippen LogP contribution in [0.15, 0.2) is 10.7 Å². The van der Waals surface area contributed by atoms with Crippen molar-refractivity contribution in [1.29, 1.82) is 0 Å². The lowest BCUT2D eigenvalue weighted by molar-refractivity contribution is -0.139. The molecule has 0 aromatic carbocycles. The number of alkyl halides is 3. The number of aryl methyl sites for hydroxylation is 1. The average molecular weight is 302 g/mol. The van der Waals surface area contributed by atoms with E-state index in [-0.39, 0.29) is 35.7 Å². The van der Waals surface area contributed by atoms with E-state index in [1.54, 1.807) is 4.90 Å². The van der Waals surface area contributed by atoms with Crippen LogP contribution >= 0.6 is 0 Å². The van der Waals surface area contributed by atoms with E-state index in [4.69, 9.17) is 4.42 Å². The molecule has 3 aliphatic heterocycles. The lowest BCUT2D eigenvalue weighted by Gasteiger charge is -2.46. The molecule has 3 aliphatic rings. The Kier molecular flexibility index (Phi) is 3.47. The summed E-state index contributed by atoms with van der Waals surface area (Å²) in [6.07, 6.45) is -2.11. The topological polar surface area (TPSA) is 45.5 Å². The SMILES string of the molecule is Cc1occ(C(F)(F)F)c1CC(=O)N1CC2CCC1CN2. The molecule has 1 amide bonds. The van der Waals surface area contributed by atoms with Gasteiger partial charge in [0.15, 0.2) is 0 Å². The van der Waals surface area contributed by atoms with Crippen LogP contribution < -0.4 is 5.32 Å². The molecule has 2 atom stereocenters. The molecule has 3 fully saturated rings. The molecule has 1 aromatic rings. The van der Waals surface area contributed by atoms with Crippen LogP contribution in [0, 0.1) is 6.92 Å². The van der Waals surface area contributed by atoms with Gasteiger partial charge in [-0.2, -0.15) is 13.2 Å². The van der Waals surface area contributed by atoms with Crippen molar-refractivity contribution >= 4 is 5.91 Å². The molecule has 4 heterocycles. The number of fused-ring (bicyclic) bond motifs is 3.